The predicted octanol–water partition coefficient (Wildman–Crippen LogP) is 5.74. The molecule has 5 atom stereocenters. The lowest BCUT2D eigenvalue weighted by Gasteiger charge is -2.47. The summed E-state index contributed by atoms with van der Waals surface area (Å²) in [5.74, 6) is 8.79. The van der Waals surface area contributed by atoms with E-state index in [0.29, 0.717) is 42.4 Å². The minimum absolute atomic E-state index is 0.288. The van der Waals surface area contributed by atoms with Gasteiger partial charge in [0.25, 0.3) is 0 Å². The summed E-state index contributed by atoms with van der Waals surface area (Å²) in [5, 5.41) is 3.60. The van der Waals surface area contributed by atoms with Crippen molar-refractivity contribution < 1.29 is 9.59 Å². The number of carbonyl (C=O) groups is 2. The first-order chi connectivity index (χ1) is 18.1. The maximum Gasteiger partial charge on any atom is 0.155 e. The van der Waals surface area contributed by atoms with Crippen molar-refractivity contribution in [2.75, 3.05) is 24.5 Å². The first-order valence-corrected chi connectivity index (χ1v) is 14.6. The molecule has 1 aromatic rings. The molecular formula is C33H40N2O2. The van der Waals surface area contributed by atoms with Gasteiger partial charge in [-0.15, -0.1) is 5.92 Å². The molecule has 1 saturated carbocycles. The number of nitrogens with zero attached hydrogens (tertiary/aromatic N) is 1. The molecule has 4 aliphatic carbocycles. The van der Waals surface area contributed by atoms with Crippen LogP contribution in [0.2, 0.25) is 0 Å². The van der Waals surface area contributed by atoms with Gasteiger partial charge in [-0.05, 0) is 100 Å². The van der Waals surface area contributed by atoms with E-state index in [2.05, 4.69) is 46.3 Å². The van der Waals surface area contributed by atoms with Gasteiger partial charge in [-0.3, -0.25) is 10.1 Å². The van der Waals surface area contributed by atoms with Crippen LogP contribution in [0.5, 0.6) is 0 Å². The number of hydrogen-bond acceptors (Lipinski definition) is 4. The van der Waals surface area contributed by atoms with Crippen molar-refractivity contribution in [2.24, 2.45) is 17.8 Å². The van der Waals surface area contributed by atoms with Crippen molar-refractivity contribution in [1.82, 2.24) is 5.32 Å². The first-order valence-electron chi connectivity index (χ1n) is 14.6. The average molecular weight is 497 g/mol. The Kier molecular flexibility index (Phi) is 6.84. The second-order valence-corrected chi connectivity index (χ2v) is 11.8. The number of piperidine rings is 1. The quantitative estimate of drug-likeness (QED) is 0.321. The summed E-state index contributed by atoms with van der Waals surface area (Å²) >= 11 is 0. The Morgan fingerprint density at radius 2 is 1.86 bits per heavy atom. The highest BCUT2D eigenvalue weighted by molar-refractivity contribution is 5.91. The number of ketones is 1. The molecule has 6 rings (SSSR count). The average Bonchev–Trinajstić information content (AvgIpc) is 3.30. The Morgan fingerprint density at radius 3 is 2.62 bits per heavy atom. The lowest BCUT2D eigenvalue weighted by molar-refractivity contribution is -0.115. The highest BCUT2D eigenvalue weighted by Gasteiger charge is 2.54. The molecule has 0 amide bonds. The summed E-state index contributed by atoms with van der Waals surface area (Å²) in [6.07, 6.45) is 13.8. The van der Waals surface area contributed by atoms with Crippen molar-refractivity contribution in [3.63, 3.8) is 0 Å². The number of aldehydes is 1. The van der Waals surface area contributed by atoms with Gasteiger partial charge >= 0.3 is 0 Å². The normalized spacial score (nSPS) is 33.1. The molecule has 1 heterocycles. The second-order valence-electron chi connectivity index (χ2n) is 11.8. The Balaban J connectivity index is 1.41. The van der Waals surface area contributed by atoms with Crippen LogP contribution in [0.3, 0.4) is 0 Å². The number of rotatable bonds is 5. The summed E-state index contributed by atoms with van der Waals surface area (Å²) in [6, 6.07) is 9.45. The zero-order valence-electron chi connectivity index (χ0n) is 22.2. The van der Waals surface area contributed by atoms with Gasteiger partial charge in [0.05, 0.1) is 12.1 Å². The molecule has 1 aliphatic heterocycles. The number of benzene rings is 1. The van der Waals surface area contributed by atoms with Crippen molar-refractivity contribution in [3.8, 4) is 11.8 Å². The smallest absolute Gasteiger partial charge is 0.155 e. The molecule has 4 nitrogen and oxygen atoms in total. The van der Waals surface area contributed by atoms with Gasteiger partial charge in [0.15, 0.2) is 5.78 Å². The Labute approximate surface area is 222 Å². The monoisotopic (exact) mass is 496 g/mol. The highest BCUT2D eigenvalue weighted by atomic mass is 16.1. The summed E-state index contributed by atoms with van der Waals surface area (Å²) in [7, 11) is 0. The molecule has 0 bridgehead atoms. The van der Waals surface area contributed by atoms with E-state index >= 15 is 0 Å². The number of hydrogen-bond donors (Lipinski definition) is 1. The van der Waals surface area contributed by atoms with Crippen LogP contribution < -0.4 is 10.2 Å². The van der Waals surface area contributed by atoms with E-state index in [4.69, 9.17) is 0 Å². The van der Waals surface area contributed by atoms with Crippen molar-refractivity contribution >= 4 is 17.8 Å². The Bertz CT molecular complexity index is 1180. The zero-order chi connectivity index (χ0) is 25.4. The van der Waals surface area contributed by atoms with E-state index in [1.54, 1.807) is 11.1 Å². The van der Waals surface area contributed by atoms with Crippen LogP contribution in [-0.2, 0) is 9.59 Å². The zero-order valence-corrected chi connectivity index (χ0v) is 22.2. The standard InChI is InChI=1S/C33H40N2O2/c1-2-15-33(34-17-20-36)16-14-28-29-12-8-24-21-26(37)11-13-27(24)32(29)30(22-31(28)33)23-6-9-25(10-7-23)35-18-4-3-5-19-35/h6-7,9-10,20-21,27-28,30-31,34H,3-5,8,11-14,16-19,22H2,1H3/t27?,28?,30-,31?,33+/m1/s1. The number of anilines is 1. The molecule has 0 spiro atoms. The first kappa shape index (κ1) is 24.7. The fourth-order valence-electron chi connectivity index (χ4n) is 8.49. The third-order valence-electron chi connectivity index (χ3n) is 10.0. The molecular weight excluding hydrogens is 456 g/mol. The minimum atomic E-state index is -0.288. The maximum atomic E-state index is 12.3. The van der Waals surface area contributed by atoms with Gasteiger partial charge in [-0.2, -0.15) is 0 Å². The van der Waals surface area contributed by atoms with Gasteiger partial charge < -0.3 is 9.69 Å². The van der Waals surface area contributed by atoms with Gasteiger partial charge in [-0.1, -0.05) is 34.8 Å². The van der Waals surface area contributed by atoms with E-state index in [0.717, 1.165) is 57.9 Å². The van der Waals surface area contributed by atoms with Gasteiger partial charge in [0.2, 0.25) is 0 Å². The second kappa shape index (κ2) is 10.3. The number of carbonyl (C=O) groups excluding carboxylic acids is 2. The summed E-state index contributed by atoms with van der Waals surface area (Å²) in [5.41, 5.74) is 7.13. The van der Waals surface area contributed by atoms with Gasteiger partial charge in [-0.25, -0.2) is 0 Å². The fourth-order valence-corrected chi connectivity index (χ4v) is 8.49. The van der Waals surface area contributed by atoms with Crippen LogP contribution in [0.25, 0.3) is 0 Å². The van der Waals surface area contributed by atoms with E-state index in [1.807, 2.05) is 13.0 Å². The van der Waals surface area contributed by atoms with E-state index in [-0.39, 0.29) is 5.54 Å². The lowest BCUT2D eigenvalue weighted by Crippen LogP contribution is -2.51. The van der Waals surface area contributed by atoms with E-state index < -0.39 is 0 Å². The third kappa shape index (κ3) is 4.40. The van der Waals surface area contributed by atoms with Crippen molar-refractivity contribution in [1.29, 1.82) is 0 Å². The molecule has 2 fully saturated rings. The third-order valence-corrected chi connectivity index (χ3v) is 10.0. The van der Waals surface area contributed by atoms with Crippen LogP contribution in [0.4, 0.5) is 5.69 Å². The topological polar surface area (TPSA) is 49.4 Å². The number of allylic oxidation sites excluding steroid dienone is 4. The maximum absolute atomic E-state index is 12.3. The number of fused-ring (bicyclic) bond motifs is 4. The summed E-state index contributed by atoms with van der Waals surface area (Å²) in [4.78, 5) is 26.2. The molecule has 194 valence electrons. The van der Waals surface area contributed by atoms with E-state index in [9.17, 15) is 9.59 Å². The van der Waals surface area contributed by atoms with Crippen LogP contribution >= 0.6 is 0 Å². The van der Waals surface area contributed by atoms with Gasteiger partial charge in [0.1, 0.15) is 6.29 Å². The highest BCUT2D eigenvalue weighted by Crippen LogP contribution is 2.60. The SMILES string of the molecule is CC#C[C@]1(NCC=O)CCC2C3=C(C4CCC(=O)C=C4CC3)[C@@H](c3ccc(N4CCCCC4)cc3)CC21. The summed E-state index contributed by atoms with van der Waals surface area (Å²) in [6.45, 7) is 4.61. The summed E-state index contributed by atoms with van der Waals surface area (Å²) < 4.78 is 0. The molecule has 1 N–H and O–H groups in total. The molecule has 5 aliphatic rings. The molecule has 1 aromatic carbocycles. The van der Waals surface area contributed by atoms with Crippen LogP contribution in [0.15, 0.2) is 47.1 Å². The van der Waals surface area contributed by atoms with Crippen LogP contribution in [0, 0.1) is 29.6 Å². The van der Waals surface area contributed by atoms with Crippen LogP contribution in [-0.4, -0.2) is 37.2 Å². The number of nitrogens with one attached hydrogen (secondary N) is 1. The van der Waals surface area contributed by atoms with Gasteiger partial charge in [0, 0.05) is 37.0 Å². The minimum Gasteiger partial charge on any atom is -0.372 e. The molecule has 0 radical (unpaired) electrons. The molecule has 37 heavy (non-hydrogen) atoms. The van der Waals surface area contributed by atoms with Crippen molar-refractivity contribution in [3.05, 3.63) is 52.6 Å². The van der Waals surface area contributed by atoms with E-state index in [1.165, 1.54) is 36.1 Å². The molecule has 1 saturated heterocycles. The molecule has 4 heteroatoms. The van der Waals surface area contributed by atoms with Crippen molar-refractivity contribution in [2.45, 2.75) is 82.6 Å². The van der Waals surface area contributed by atoms with Crippen LogP contribution in [0.1, 0.15) is 82.6 Å². The Morgan fingerprint density at radius 1 is 1.05 bits per heavy atom. The fraction of sp³-hybridized carbons (Fsp3) is 0.576. The predicted molar refractivity (Wildman–Crippen MR) is 148 cm³/mol. The molecule has 0 aromatic heterocycles. The Hall–Kier alpha value is -2.64. The lowest BCUT2D eigenvalue weighted by atomic mass is 9.58. The molecule has 3 unspecified atom stereocenters. The largest absolute Gasteiger partial charge is 0.372 e.